The molecule has 0 aliphatic carbocycles. The van der Waals surface area contributed by atoms with Gasteiger partial charge < -0.3 is 19.4 Å². The number of amides is 1. The molecule has 2 atom stereocenters. The van der Waals surface area contributed by atoms with E-state index in [1.54, 1.807) is 7.11 Å². The fourth-order valence-electron chi connectivity index (χ4n) is 5.38. The summed E-state index contributed by atoms with van der Waals surface area (Å²) in [6.07, 6.45) is 0. The molecule has 0 spiro atoms. The molecule has 6 rings (SSSR count). The number of methoxy groups -OCH3 is 1. The van der Waals surface area contributed by atoms with Crippen LogP contribution in [-0.2, 0) is 0 Å². The van der Waals surface area contributed by atoms with Gasteiger partial charge >= 0.3 is 0 Å². The van der Waals surface area contributed by atoms with Crippen molar-refractivity contribution in [3.05, 3.63) is 94.7 Å². The minimum absolute atomic E-state index is 0.0280. The summed E-state index contributed by atoms with van der Waals surface area (Å²) in [5, 5.41) is 1.21. The number of carbonyl (C=O) groups excluding carboxylic acids is 1. The molecule has 0 fully saturated rings. The number of nitrogens with zero attached hydrogens (tertiary/aromatic N) is 1. The topological polar surface area (TPSA) is 54.6 Å². The lowest BCUT2D eigenvalue weighted by Gasteiger charge is -2.36. The van der Waals surface area contributed by atoms with Crippen LogP contribution in [0.25, 0.3) is 10.9 Å². The molecule has 3 aromatic carbocycles. The Labute approximate surface area is 186 Å². The molecule has 2 aliphatic heterocycles. The van der Waals surface area contributed by atoms with Gasteiger partial charge in [-0.05, 0) is 47.9 Å². The second-order valence-corrected chi connectivity index (χ2v) is 8.34. The van der Waals surface area contributed by atoms with Crippen molar-refractivity contribution in [2.45, 2.75) is 18.9 Å². The second-order valence-electron chi connectivity index (χ2n) is 8.34. The van der Waals surface area contributed by atoms with Gasteiger partial charge in [-0.15, -0.1) is 0 Å². The normalized spacial score (nSPS) is 18.9. The van der Waals surface area contributed by atoms with Crippen molar-refractivity contribution in [3.63, 3.8) is 0 Å². The molecule has 1 amide bonds. The maximum Gasteiger partial charge on any atom is 0.255 e. The first-order valence-corrected chi connectivity index (χ1v) is 11.0. The van der Waals surface area contributed by atoms with E-state index in [0.717, 1.165) is 33.7 Å². The van der Waals surface area contributed by atoms with E-state index in [2.05, 4.69) is 41.4 Å². The molecule has 5 nitrogen and oxygen atoms in total. The zero-order valence-corrected chi connectivity index (χ0v) is 18.1. The number of ether oxygens (including phenoxy) is 2. The van der Waals surface area contributed by atoms with Crippen LogP contribution in [0.1, 0.15) is 51.6 Å². The van der Waals surface area contributed by atoms with Crippen LogP contribution in [0.15, 0.2) is 66.7 Å². The maximum atomic E-state index is 13.4. The molecule has 4 aromatic rings. The van der Waals surface area contributed by atoms with Gasteiger partial charge in [-0.2, -0.15) is 0 Å². The average molecular weight is 425 g/mol. The van der Waals surface area contributed by atoms with E-state index in [1.807, 2.05) is 42.2 Å². The Morgan fingerprint density at radius 1 is 1.03 bits per heavy atom. The molecule has 0 saturated heterocycles. The van der Waals surface area contributed by atoms with Gasteiger partial charge in [0.25, 0.3) is 5.91 Å². The van der Waals surface area contributed by atoms with Gasteiger partial charge in [0.05, 0.1) is 19.8 Å². The van der Waals surface area contributed by atoms with Gasteiger partial charge in [0, 0.05) is 34.6 Å². The zero-order chi connectivity index (χ0) is 21.8. The lowest BCUT2D eigenvalue weighted by atomic mass is 9.83. The van der Waals surface area contributed by atoms with Crippen LogP contribution in [0.3, 0.4) is 0 Å². The van der Waals surface area contributed by atoms with Crippen LogP contribution in [0, 0.1) is 0 Å². The molecule has 2 aliphatic rings. The Morgan fingerprint density at radius 2 is 1.84 bits per heavy atom. The van der Waals surface area contributed by atoms with Crippen LogP contribution in [0.2, 0.25) is 0 Å². The lowest BCUT2D eigenvalue weighted by Crippen LogP contribution is -2.37. The Hall–Kier alpha value is -3.73. The number of fused-ring (bicyclic) bond motifs is 7. The molecule has 0 saturated carbocycles. The molecular formula is C27H24N2O3. The number of carbonyl (C=O) groups is 1. The quantitative estimate of drug-likeness (QED) is 0.486. The summed E-state index contributed by atoms with van der Waals surface area (Å²) in [5.41, 5.74) is 6.45. The minimum Gasteiger partial charge on any atom is -0.493 e. The number of rotatable bonds is 4. The third-order valence-electron chi connectivity index (χ3n) is 6.73. The molecular weight excluding hydrogens is 400 g/mol. The Morgan fingerprint density at radius 3 is 2.69 bits per heavy atom. The second kappa shape index (κ2) is 7.16. The van der Waals surface area contributed by atoms with Crippen molar-refractivity contribution in [3.8, 4) is 11.5 Å². The van der Waals surface area contributed by atoms with Crippen molar-refractivity contribution < 1.29 is 14.3 Å². The predicted molar refractivity (Wildman–Crippen MR) is 124 cm³/mol. The van der Waals surface area contributed by atoms with Gasteiger partial charge in [-0.1, -0.05) is 42.5 Å². The van der Waals surface area contributed by atoms with E-state index >= 15 is 0 Å². The largest absolute Gasteiger partial charge is 0.493 e. The van der Waals surface area contributed by atoms with Crippen molar-refractivity contribution in [1.29, 1.82) is 0 Å². The fourth-order valence-corrected chi connectivity index (χ4v) is 5.38. The molecule has 0 radical (unpaired) electrons. The third kappa shape index (κ3) is 2.60. The maximum absolute atomic E-state index is 13.4. The minimum atomic E-state index is -0.0815. The molecule has 160 valence electrons. The van der Waals surface area contributed by atoms with E-state index in [0.29, 0.717) is 18.9 Å². The van der Waals surface area contributed by atoms with Crippen LogP contribution < -0.4 is 9.47 Å². The van der Waals surface area contributed by atoms with E-state index in [9.17, 15) is 4.79 Å². The van der Waals surface area contributed by atoms with E-state index in [1.165, 1.54) is 10.9 Å². The van der Waals surface area contributed by atoms with Gasteiger partial charge in [-0.3, -0.25) is 4.79 Å². The molecule has 3 heterocycles. The summed E-state index contributed by atoms with van der Waals surface area (Å²) in [6.45, 7) is 3.15. The number of nitrogens with one attached hydrogen (secondary N) is 1. The summed E-state index contributed by atoms with van der Waals surface area (Å²) >= 11 is 0. The first kappa shape index (κ1) is 19.0. The monoisotopic (exact) mass is 424 g/mol. The first-order valence-electron chi connectivity index (χ1n) is 11.0. The molecule has 0 bridgehead atoms. The summed E-state index contributed by atoms with van der Waals surface area (Å²) in [7, 11) is 1.66. The molecule has 1 aromatic heterocycles. The van der Waals surface area contributed by atoms with Crippen molar-refractivity contribution >= 4 is 16.8 Å². The Kier molecular flexibility index (Phi) is 4.25. The molecule has 0 unspecified atom stereocenters. The summed E-state index contributed by atoms with van der Waals surface area (Å²) < 4.78 is 11.4. The number of aromatic nitrogens is 1. The summed E-state index contributed by atoms with van der Waals surface area (Å²) in [4.78, 5) is 19.0. The first-order chi connectivity index (χ1) is 15.7. The van der Waals surface area contributed by atoms with Crippen molar-refractivity contribution in [2.75, 3.05) is 20.3 Å². The van der Waals surface area contributed by atoms with E-state index in [-0.39, 0.29) is 17.9 Å². The van der Waals surface area contributed by atoms with Gasteiger partial charge in [0.15, 0.2) is 11.5 Å². The molecule has 32 heavy (non-hydrogen) atoms. The number of hydrogen-bond donors (Lipinski definition) is 1. The van der Waals surface area contributed by atoms with Gasteiger partial charge in [0.1, 0.15) is 0 Å². The predicted octanol–water partition coefficient (Wildman–Crippen LogP) is 5.27. The number of para-hydroxylation sites is 1. The third-order valence-corrected chi connectivity index (χ3v) is 6.73. The fraction of sp³-hybridized carbons (Fsp3) is 0.222. The zero-order valence-electron chi connectivity index (χ0n) is 18.1. The standard InChI is InChI=1S/C27H24N2O3/c1-3-32-22-13-12-16(14-23(22)31-2)20-15-29-26(17-8-4-5-9-18(17)27(29)30)25-24(20)19-10-6-7-11-21(19)28-25/h4-14,20,26,28H,3,15H2,1-2H3/t20-,26+/m0/s1. The van der Waals surface area contributed by atoms with Crippen LogP contribution in [0.5, 0.6) is 11.5 Å². The van der Waals surface area contributed by atoms with Crippen molar-refractivity contribution in [2.24, 2.45) is 0 Å². The SMILES string of the molecule is CCOc1ccc([C@@H]2CN3C(=O)c4ccccc4[C@@H]3c3[nH]c4ccccc4c32)cc1OC. The summed E-state index contributed by atoms with van der Waals surface area (Å²) in [6, 6.07) is 22.4. The van der Waals surface area contributed by atoms with Crippen LogP contribution in [-0.4, -0.2) is 36.1 Å². The average Bonchev–Trinajstić information content (AvgIpc) is 3.35. The number of aromatic amines is 1. The van der Waals surface area contributed by atoms with E-state index < -0.39 is 0 Å². The van der Waals surface area contributed by atoms with Crippen LogP contribution >= 0.6 is 0 Å². The van der Waals surface area contributed by atoms with Gasteiger partial charge in [-0.25, -0.2) is 0 Å². The van der Waals surface area contributed by atoms with Crippen molar-refractivity contribution in [1.82, 2.24) is 9.88 Å². The number of benzene rings is 3. The lowest BCUT2D eigenvalue weighted by molar-refractivity contribution is 0.0727. The van der Waals surface area contributed by atoms with Crippen LogP contribution in [0.4, 0.5) is 0 Å². The Balaban J connectivity index is 1.57. The highest BCUT2D eigenvalue weighted by molar-refractivity contribution is 6.01. The number of H-pyrrole nitrogens is 1. The number of hydrogen-bond acceptors (Lipinski definition) is 3. The Bertz CT molecular complexity index is 1360. The van der Waals surface area contributed by atoms with Gasteiger partial charge in [0.2, 0.25) is 0 Å². The molecule has 1 N–H and O–H groups in total. The highest BCUT2D eigenvalue weighted by Crippen LogP contribution is 2.50. The highest BCUT2D eigenvalue weighted by atomic mass is 16.5. The summed E-state index contributed by atoms with van der Waals surface area (Å²) in [5.74, 6) is 1.57. The molecule has 5 heteroatoms. The smallest absolute Gasteiger partial charge is 0.255 e. The highest BCUT2D eigenvalue weighted by Gasteiger charge is 2.45. The van der Waals surface area contributed by atoms with E-state index in [4.69, 9.17) is 9.47 Å².